The molecular weight excluding hydrogens is 448 g/mol. The highest BCUT2D eigenvalue weighted by Gasteiger charge is 2.16. The third kappa shape index (κ3) is 4.97. The standard InChI is InChI=1S/C19H17BrN2O3S2/c1-13(14-4-8-16(20)9-5-14)21-19(23)15-6-10-17(11-7-15)22-27(24,25)18-3-2-12-26-18/h2-13,22H,1H3,(H,21,23)/t13-/m0/s1. The number of sulfonamides is 1. The van der Waals surface area contributed by atoms with Crippen LogP contribution in [0.3, 0.4) is 0 Å². The summed E-state index contributed by atoms with van der Waals surface area (Å²) >= 11 is 4.53. The zero-order valence-corrected chi connectivity index (χ0v) is 17.6. The van der Waals surface area contributed by atoms with Crippen molar-refractivity contribution in [3.8, 4) is 0 Å². The molecule has 0 aliphatic carbocycles. The van der Waals surface area contributed by atoms with Crippen LogP contribution in [-0.2, 0) is 10.0 Å². The van der Waals surface area contributed by atoms with Crippen LogP contribution in [0.15, 0.2) is 74.7 Å². The van der Waals surface area contributed by atoms with Crippen molar-refractivity contribution in [2.75, 3.05) is 4.72 Å². The third-order valence-electron chi connectivity index (χ3n) is 3.88. The van der Waals surface area contributed by atoms with E-state index in [0.717, 1.165) is 21.4 Å². The molecule has 3 aromatic rings. The number of rotatable bonds is 6. The maximum Gasteiger partial charge on any atom is 0.271 e. The fourth-order valence-corrected chi connectivity index (χ4v) is 4.74. The van der Waals surface area contributed by atoms with E-state index in [0.29, 0.717) is 11.3 Å². The van der Waals surface area contributed by atoms with Crippen LogP contribution in [0.5, 0.6) is 0 Å². The van der Waals surface area contributed by atoms with Gasteiger partial charge in [0.1, 0.15) is 4.21 Å². The maximum atomic E-state index is 12.4. The Morgan fingerprint density at radius 1 is 1.04 bits per heavy atom. The van der Waals surface area contributed by atoms with E-state index >= 15 is 0 Å². The Morgan fingerprint density at radius 3 is 2.30 bits per heavy atom. The van der Waals surface area contributed by atoms with Crippen LogP contribution in [0.1, 0.15) is 28.9 Å². The topological polar surface area (TPSA) is 75.3 Å². The summed E-state index contributed by atoms with van der Waals surface area (Å²) < 4.78 is 28.2. The molecule has 27 heavy (non-hydrogen) atoms. The number of benzene rings is 2. The van der Waals surface area contributed by atoms with E-state index in [1.807, 2.05) is 31.2 Å². The van der Waals surface area contributed by atoms with Gasteiger partial charge in [0, 0.05) is 15.7 Å². The maximum absolute atomic E-state index is 12.4. The summed E-state index contributed by atoms with van der Waals surface area (Å²) in [7, 11) is -3.60. The number of carbonyl (C=O) groups is 1. The minimum atomic E-state index is -3.60. The molecule has 0 saturated carbocycles. The minimum absolute atomic E-state index is 0.150. The summed E-state index contributed by atoms with van der Waals surface area (Å²) in [5.41, 5.74) is 1.85. The molecule has 0 spiro atoms. The molecule has 1 atom stereocenters. The Kier molecular flexibility index (Phi) is 5.98. The predicted octanol–water partition coefficient (Wildman–Crippen LogP) is 4.80. The smallest absolute Gasteiger partial charge is 0.271 e. The molecule has 0 saturated heterocycles. The van der Waals surface area contributed by atoms with Gasteiger partial charge >= 0.3 is 0 Å². The molecule has 0 aliphatic rings. The molecule has 2 N–H and O–H groups in total. The quantitative estimate of drug-likeness (QED) is 0.549. The van der Waals surface area contributed by atoms with Gasteiger partial charge in [0.2, 0.25) is 0 Å². The lowest BCUT2D eigenvalue weighted by Crippen LogP contribution is -2.26. The van der Waals surface area contributed by atoms with E-state index in [-0.39, 0.29) is 16.2 Å². The zero-order chi connectivity index (χ0) is 19.4. The molecule has 3 rings (SSSR count). The van der Waals surface area contributed by atoms with E-state index in [9.17, 15) is 13.2 Å². The lowest BCUT2D eigenvalue weighted by molar-refractivity contribution is 0.0940. The lowest BCUT2D eigenvalue weighted by atomic mass is 10.1. The molecular formula is C19H17BrN2O3S2. The summed E-state index contributed by atoms with van der Waals surface area (Å²) in [5.74, 6) is -0.224. The second-order valence-corrected chi connectivity index (χ2v) is 9.63. The van der Waals surface area contributed by atoms with Crippen molar-refractivity contribution in [2.45, 2.75) is 17.2 Å². The van der Waals surface area contributed by atoms with Crippen LogP contribution in [0, 0.1) is 0 Å². The number of hydrogen-bond acceptors (Lipinski definition) is 4. The highest BCUT2D eigenvalue weighted by atomic mass is 79.9. The van der Waals surface area contributed by atoms with E-state index < -0.39 is 10.0 Å². The molecule has 0 fully saturated rings. The number of nitrogens with one attached hydrogen (secondary N) is 2. The van der Waals surface area contributed by atoms with Crippen molar-refractivity contribution in [1.29, 1.82) is 0 Å². The second-order valence-electron chi connectivity index (χ2n) is 5.86. The molecule has 8 heteroatoms. The van der Waals surface area contributed by atoms with Crippen LogP contribution in [0.25, 0.3) is 0 Å². The van der Waals surface area contributed by atoms with E-state index in [4.69, 9.17) is 0 Å². The van der Waals surface area contributed by atoms with E-state index in [1.165, 1.54) is 0 Å². The largest absolute Gasteiger partial charge is 0.346 e. The molecule has 1 heterocycles. The molecule has 1 aromatic heterocycles. The van der Waals surface area contributed by atoms with Gasteiger partial charge in [-0.2, -0.15) is 0 Å². The van der Waals surface area contributed by atoms with Gasteiger partial charge in [-0.05, 0) is 60.3 Å². The third-order valence-corrected chi connectivity index (χ3v) is 7.18. The van der Waals surface area contributed by atoms with Gasteiger partial charge in [-0.1, -0.05) is 34.1 Å². The zero-order valence-electron chi connectivity index (χ0n) is 14.3. The fraction of sp³-hybridized carbons (Fsp3) is 0.105. The van der Waals surface area contributed by atoms with Crippen molar-refractivity contribution >= 4 is 48.9 Å². The van der Waals surface area contributed by atoms with Gasteiger partial charge in [0.05, 0.1) is 6.04 Å². The molecule has 140 valence electrons. The van der Waals surface area contributed by atoms with Crippen molar-refractivity contribution in [1.82, 2.24) is 5.32 Å². The van der Waals surface area contributed by atoms with Gasteiger partial charge in [-0.25, -0.2) is 8.42 Å². The number of carbonyl (C=O) groups excluding carboxylic acids is 1. The van der Waals surface area contributed by atoms with E-state index in [1.54, 1.807) is 41.8 Å². The van der Waals surface area contributed by atoms with Crippen molar-refractivity contribution in [2.24, 2.45) is 0 Å². The molecule has 1 amide bonds. The molecule has 0 unspecified atom stereocenters. The first-order valence-corrected chi connectivity index (χ1v) is 11.2. The summed E-state index contributed by atoms with van der Waals surface area (Å²) in [5, 5.41) is 4.63. The predicted molar refractivity (Wildman–Crippen MR) is 112 cm³/mol. The summed E-state index contributed by atoms with van der Waals surface area (Å²) in [6, 6.07) is 17.1. The first kappa shape index (κ1) is 19.6. The van der Waals surface area contributed by atoms with Crippen molar-refractivity contribution in [3.63, 3.8) is 0 Å². The monoisotopic (exact) mass is 464 g/mol. The van der Waals surface area contributed by atoms with Crippen LogP contribution in [0.4, 0.5) is 5.69 Å². The lowest BCUT2D eigenvalue weighted by Gasteiger charge is -2.15. The summed E-state index contributed by atoms with van der Waals surface area (Å²) in [6.45, 7) is 1.91. The molecule has 0 radical (unpaired) electrons. The van der Waals surface area contributed by atoms with Crippen LogP contribution in [-0.4, -0.2) is 14.3 Å². The SMILES string of the molecule is C[C@H](NC(=O)c1ccc(NS(=O)(=O)c2cccs2)cc1)c1ccc(Br)cc1. The van der Waals surface area contributed by atoms with Gasteiger partial charge in [0.25, 0.3) is 15.9 Å². The first-order valence-electron chi connectivity index (χ1n) is 8.08. The number of halogens is 1. The van der Waals surface area contributed by atoms with Gasteiger partial charge < -0.3 is 5.32 Å². The van der Waals surface area contributed by atoms with Gasteiger partial charge in [0.15, 0.2) is 0 Å². The van der Waals surface area contributed by atoms with E-state index in [2.05, 4.69) is 26.0 Å². The van der Waals surface area contributed by atoms with Gasteiger partial charge in [-0.15, -0.1) is 11.3 Å². The highest BCUT2D eigenvalue weighted by Crippen LogP contribution is 2.21. The van der Waals surface area contributed by atoms with Gasteiger partial charge in [-0.3, -0.25) is 9.52 Å². The average molecular weight is 465 g/mol. The number of anilines is 1. The Balaban J connectivity index is 1.66. The minimum Gasteiger partial charge on any atom is -0.346 e. The normalized spacial score (nSPS) is 12.4. The molecule has 0 aliphatic heterocycles. The Morgan fingerprint density at radius 2 is 1.70 bits per heavy atom. The van der Waals surface area contributed by atoms with Crippen LogP contribution in [0.2, 0.25) is 0 Å². The second kappa shape index (κ2) is 8.24. The molecule has 0 bridgehead atoms. The first-order chi connectivity index (χ1) is 12.8. The fourth-order valence-electron chi connectivity index (χ4n) is 2.43. The summed E-state index contributed by atoms with van der Waals surface area (Å²) in [6.07, 6.45) is 0. The van der Waals surface area contributed by atoms with Crippen LogP contribution < -0.4 is 10.0 Å². The Hall–Kier alpha value is -2.16. The average Bonchev–Trinajstić information content (AvgIpc) is 3.18. The van der Waals surface area contributed by atoms with Crippen molar-refractivity contribution in [3.05, 3.63) is 81.6 Å². The summed E-state index contributed by atoms with van der Waals surface area (Å²) in [4.78, 5) is 12.4. The highest BCUT2D eigenvalue weighted by molar-refractivity contribution is 9.10. The number of hydrogen-bond donors (Lipinski definition) is 2. The molecule has 5 nitrogen and oxygen atoms in total. The Bertz CT molecular complexity index is 1020. The number of amides is 1. The van der Waals surface area contributed by atoms with Crippen LogP contribution >= 0.6 is 27.3 Å². The Labute approximate surface area is 170 Å². The number of thiophene rings is 1. The molecule has 2 aromatic carbocycles. The van der Waals surface area contributed by atoms with Crippen molar-refractivity contribution < 1.29 is 13.2 Å².